The second kappa shape index (κ2) is 4.80. The highest BCUT2D eigenvalue weighted by Crippen LogP contribution is 2.35. The van der Waals surface area contributed by atoms with Crippen LogP contribution in [0.2, 0.25) is 0 Å². The van der Waals surface area contributed by atoms with Crippen LogP contribution >= 0.6 is 11.3 Å². The molecule has 0 saturated carbocycles. The summed E-state index contributed by atoms with van der Waals surface area (Å²) < 4.78 is 0. The van der Waals surface area contributed by atoms with Gasteiger partial charge in [0.2, 0.25) is 0 Å². The Morgan fingerprint density at radius 3 is 3.19 bits per heavy atom. The highest BCUT2D eigenvalue weighted by Gasteiger charge is 2.22. The van der Waals surface area contributed by atoms with Gasteiger partial charge in [0.1, 0.15) is 10.7 Å². The topological polar surface area (TPSA) is 74.4 Å². The smallest absolute Gasteiger partial charge is 0.259 e. The largest absolute Gasteiger partial charge is 0.310 e. The number of hydrogen-bond acceptors (Lipinski definition) is 4. The highest BCUT2D eigenvalue weighted by atomic mass is 32.1. The van der Waals surface area contributed by atoms with E-state index in [4.69, 9.17) is 0 Å². The van der Waals surface area contributed by atoms with Gasteiger partial charge < -0.3 is 4.98 Å². The Morgan fingerprint density at radius 1 is 1.48 bits per heavy atom. The van der Waals surface area contributed by atoms with E-state index in [1.54, 1.807) is 17.5 Å². The Hall–Kier alpha value is -1.95. The molecular weight excluding hydrogens is 284 g/mol. The van der Waals surface area contributed by atoms with E-state index in [9.17, 15) is 4.79 Å². The molecule has 1 aliphatic carbocycles. The fourth-order valence-corrected chi connectivity index (χ4v) is 4.45. The standard InChI is InChI=1S/C15H16N4OS/c1-8-2-3-10-11(4-8)21-15-13(10)14(20)18-12(19-15)5-9-6-16-17-7-9/h6-8H,2-5H2,1H3,(H,16,17)(H,18,19,20). The van der Waals surface area contributed by atoms with Crippen LogP contribution in [0.3, 0.4) is 0 Å². The normalized spacial score (nSPS) is 18.0. The maximum Gasteiger partial charge on any atom is 0.259 e. The van der Waals surface area contributed by atoms with Crippen LogP contribution in [0.4, 0.5) is 0 Å². The van der Waals surface area contributed by atoms with Crippen LogP contribution < -0.4 is 5.56 Å². The molecule has 108 valence electrons. The van der Waals surface area contributed by atoms with Crippen LogP contribution in [-0.2, 0) is 19.3 Å². The lowest BCUT2D eigenvalue weighted by Crippen LogP contribution is -2.14. The number of aromatic nitrogens is 4. The summed E-state index contributed by atoms with van der Waals surface area (Å²) in [5.41, 5.74) is 2.26. The van der Waals surface area contributed by atoms with Crippen molar-refractivity contribution in [3.8, 4) is 0 Å². The van der Waals surface area contributed by atoms with Gasteiger partial charge in [0.25, 0.3) is 5.56 Å². The van der Waals surface area contributed by atoms with Crippen molar-refractivity contribution in [3.05, 3.63) is 44.6 Å². The van der Waals surface area contributed by atoms with Gasteiger partial charge in [-0.1, -0.05) is 6.92 Å². The summed E-state index contributed by atoms with van der Waals surface area (Å²) in [6, 6.07) is 0. The molecule has 0 fully saturated rings. The first-order valence-electron chi connectivity index (χ1n) is 7.22. The minimum Gasteiger partial charge on any atom is -0.310 e. The molecular formula is C15H16N4OS. The van der Waals surface area contributed by atoms with Crippen molar-refractivity contribution < 1.29 is 0 Å². The summed E-state index contributed by atoms with van der Waals surface area (Å²) in [5.74, 6) is 1.41. The first kappa shape index (κ1) is 12.8. The second-order valence-corrected chi connectivity index (χ2v) is 6.91. The summed E-state index contributed by atoms with van der Waals surface area (Å²) in [6.07, 6.45) is 7.42. The Balaban J connectivity index is 1.82. The summed E-state index contributed by atoms with van der Waals surface area (Å²) >= 11 is 1.69. The number of nitrogens with zero attached hydrogens (tertiary/aromatic N) is 2. The van der Waals surface area contributed by atoms with Crippen molar-refractivity contribution in [2.24, 2.45) is 5.92 Å². The minimum absolute atomic E-state index is 0.00514. The van der Waals surface area contributed by atoms with Crippen molar-refractivity contribution in [3.63, 3.8) is 0 Å². The number of aromatic amines is 2. The van der Waals surface area contributed by atoms with E-state index < -0.39 is 0 Å². The van der Waals surface area contributed by atoms with Crippen molar-refractivity contribution in [1.82, 2.24) is 20.2 Å². The van der Waals surface area contributed by atoms with E-state index in [-0.39, 0.29) is 5.56 Å². The predicted octanol–water partition coefficient (Wildman–Crippen LogP) is 2.42. The zero-order valence-corrected chi connectivity index (χ0v) is 12.6. The van der Waals surface area contributed by atoms with E-state index in [2.05, 4.69) is 27.1 Å². The number of aryl methyl sites for hydroxylation is 1. The number of rotatable bonds is 2. The van der Waals surface area contributed by atoms with Crippen molar-refractivity contribution >= 4 is 21.6 Å². The first-order valence-corrected chi connectivity index (χ1v) is 8.03. The molecule has 6 heteroatoms. The Kier molecular flexibility index (Phi) is 2.92. The Morgan fingerprint density at radius 2 is 2.38 bits per heavy atom. The monoisotopic (exact) mass is 300 g/mol. The lowest BCUT2D eigenvalue weighted by atomic mass is 9.89. The van der Waals surface area contributed by atoms with Crippen LogP contribution in [0.1, 0.15) is 35.2 Å². The van der Waals surface area contributed by atoms with Crippen LogP contribution in [0.15, 0.2) is 17.2 Å². The SMILES string of the molecule is CC1CCc2c(sc3nc(Cc4cn[nH]c4)[nH]c(=O)c23)C1. The third kappa shape index (κ3) is 2.19. The van der Waals surface area contributed by atoms with E-state index in [0.717, 1.165) is 35.0 Å². The van der Waals surface area contributed by atoms with Crippen LogP contribution in [0, 0.1) is 5.92 Å². The molecule has 3 aromatic rings. The van der Waals surface area contributed by atoms with Gasteiger partial charge in [0, 0.05) is 17.5 Å². The maximum absolute atomic E-state index is 12.4. The number of thiophene rings is 1. The predicted molar refractivity (Wildman–Crippen MR) is 82.8 cm³/mol. The number of nitrogens with one attached hydrogen (secondary N) is 2. The number of fused-ring (bicyclic) bond motifs is 3. The molecule has 1 unspecified atom stereocenters. The van der Waals surface area contributed by atoms with E-state index in [1.807, 2.05) is 6.20 Å². The van der Waals surface area contributed by atoms with Gasteiger partial charge in [0.15, 0.2) is 0 Å². The first-order chi connectivity index (χ1) is 10.2. The second-order valence-electron chi connectivity index (χ2n) is 5.83. The summed E-state index contributed by atoms with van der Waals surface area (Å²) in [4.78, 5) is 22.3. The number of hydrogen-bond donors (Lipinski definition) is 2. The zero-order valence-electron chi connectivity index (χ0n) is 11.8. The average Bonchev–Trinajstić information content (AvgIpc) is 3.05. The van der Waals surface area contributed by atoms with Gasteiger partial charge in [-0.3, -0.25) is 9.89 Å². The summed E-state index contributed by atoms with van der Waals surface area (Å²) in [7, 11) is 0. The van der Waals surface area contributed by atoms with Crippen molar-refractivity contribution in [2.45, 2.75) is 32.6 Å². The molecule has 4 rings (SSSR count). The lowest BCUT2D eigenvalue weighted by molar-refractivity contribution is 0.509. The van der Waals surface area contributed by atoms with Crippen molar-refractivity contribution in [2.75, 3.05) is 0 Å². The van der Waals surface area contributed by atoms with E-state index >= 15 is 0 Å². The van der Waals surface area contributed by atoms with Crippen LogP contribution in [0.25, 0.3) is 10.2 Å². The third-order valence-electron chi connectivity index (χ3n) is 4.14. The molecule has 0 amide bonds. The Labute approximate surface area is 125 Å². The molecule has 0 aromatic carbocycles. The molecule has 21 heavy (non-hydrogen) atoms. The van der Waals surface area contributed by atoms with E-state index in [0.29, 0.717) is 18.2 Å². The van der Waals surface area contributed by atoms with Gasteiger partial charge in [-0.15, -0.1) is 11.3 Å². The van der Waals surface area contributed by atoms with Gasteiger partial charge in [0.05, 0.1) is 11.6 Å². The molecule has 1 aliphatic rings. The molecule has 0 bridgehead atoms. The van der Waals surface area contributed by atoms with Gasteiger partial charge in [-0.2, -0.15) is 5.10 Å². The molecule has 3 heterocycles. The highest BCUT2D eigenvalue weighted by molar-refractivity contribution is 7.18. The molecule has 0 spiro atoms. The molecule has 3 aromatic heterocycles. The molecule has 1 atom stereocenters. The van der Waals surface area contributed by atoms with E-state index in [1.165, 1.54) is 10.4 Å². The quantitative estimate of drug-likeness (QED) is 0.763. The van der Waals surface area contributed by atoms with Crippen molar-refractivity contribution in [1.29, 1.82) is 0 Å². The molecule has 2 N–H and O–H groups in total. The summed E-state index contributed by atoms with van der Waals surface area (Å²) in [6.45, 7) is 2.27. The third-order valence-corrected chi connectivity index (χ3v) is 5.29. The van der Waals surface area contributed by atoms with Crippen LogP contribution in [0.5, 0.6) is 0 Å². The fourth-order valence-electron chi connectivity index (χ4n) is 3.04. The summed E-state index contributed by atoms with van der Waals surface area (Å²) in [5, 5.41) is 7.52. The van der Waals surface area contributed by atoms with Crippen LogP contribution in [-0.4, -0.2) is 20.2 Å². The number of H-pyrrole nitrogens is 2. The average molecular weight is 300 g/mol. The lowest BCUT2D eigenvalue weighted by Gasteiger charge is -2.17. The molecule has 5 nitrogen and oxygen atoms in total. The van der Waals surface area contributed by atoms with Gasteiger partial charge >= 0.3 is 0 Å². The Bertz CT molecular complexity index is 847. The minimum atomic E-state index is 0.00514. The molecule has 0 saturated heterocycles. The maximum atomic E-state index is 12.4. The zero-order chi connectivity index (χ0) is 14.4. The van der Waals surface area contributed by atoms with Gasteiger partial charge in [-0.25, -0.2) is 4.98 Å². The fraction of sp³-hybridized carbons (Fsp3) is 0.400. The van der Waals surface area contributed by atoms with Gasteiger partial charge in [-0.05, 0) is 36.3 Å². The molecule has 0 aliphatic heterocycles. The molecule has 0 radical (unpaired) electrons.